The first-order valence-electron chi connectivity index (χ1n) is 15.1. The van der Waals surface area contributed by atoms with Crippen LogP contribution in [-0.4, -0.2) is 90.1 Å². The smallest absolute Gasteiger partial charge is 0.318 e. The van der Waals surface area contributed by atoms with Gasteiger partial charge in [0.05, 0.1) is 19.3 Å². The molecular weight excluding hydrogens is 524 g/mol. The summed E-state index contributed by atoms with van der Waals surface area (Å²) in [5, 5.41) is 18.8. The van der Waals surface area contributed by atoms with Crippen molar-refractivity contribution in [2.45, 2.75) is 90.4 Å². The minimum Gasteiger partial charge on any atom is -0.380 e. The average molecular weight is 569 g/mol. The number of nitrogens with one attached hydrogen (secondary N) is 3. The molecular formula is C30H44N6O5. The fourth-order valence-electron chi connectivity index (χ4n) is 7.91. The molecule has 0 bridgehead atoms. The van der Waals surface area contributed by atoms with Crippen LogP contribution in [-0.2, 0) is 19.1 Å². The van der Waals surface area contributed by atoms with E-state index in [2.05, 4.69) is 35.9 Å². The van der Waals surface area contributed by atoms with Gasteiger partial charge in [0, 0.05) is 36.5 Å². The van der Waals surface area contributed by atoms with Gasteiger partial charge in [-0.05, 0) is 54.8 Å². The second-order valence-corrected chi connectivity index (χ2v) is 15.4. The molecule has 0 radical (unpaired) electrons. The number of likely N-dealkylation sites (tertiary alicyclic amines) is 2. The van der Waals surface area contributed by atoms with Gasteiger partial charge in [0.25, 0.3) is 0 Å². The Kier molecular flexibility index (Phi) is 6.42. The number of nitrogens with zero attached hydrogens (tertiary/aromatic N) is 3. The maximum atomic E-state index is 14.2. The lowest BCUT2D eigenvalue weighted by Gasteiger charge is -2.39. The molecule has 5 amide bonds. The number of fused-ring (bicyclic) bond motifs is 1. The average Bonchev–Trinajstić information content (AvgIpc) is 3.45. The lowest BCUT2D eigenvalue weighted by molar-refractivity contribution is -0.144. The fourth-order valence-corrected chi connectivity index (χ4v) is 7.91. The minimum atomic E-state index is -0.818. The molecule has 0 aromatic heterocycles. The maximum Gasteiger partial charge on any atom is 0.318 e. The van der Waals surface area contributed by atoms with E-state index in [-0.39, 0.29) is 64.3 Å². The molecule has 6 fully saturated rings. The molecule has 2 spiro atoms. The summed E-state index contributed by atoms with van der Waals surface area (Å²) < 4.78 is 5.39. The zero-order chi connectivity index (χ0) is 29.5. The molecule has 6 unspecified atom stereocenters. The topological polar surface area (TPSA) is 144 Å². The van der Waals surface area contributed by atoms with Crippen molar-refractivity contribution in [3.63, 3.8) is 0 Å². The number of rotatable bonds is 6. The van der Waals surface area contributed by atoms with Gasteiger partial charge in [-0.3, -0.25) is 14.4 Å². The molecule has 41 heavy (non-hydrogen) atoms. The van der Waals surface area contributed by atoms with E-state index in [1.165, 1.54) is 0 Å². The van der Waals surface area contributed by atoms with E-state index in [0.717, 1.165) is 19.3 Å². The molecule has 2 aliphatic carbocycles. The number of piperidine rings is 1. The molecule has 0 aromatic rings. The van der Waals surface area contributed by atoms with Gasteiger partial charge >= 0.3 is 6.03 Å². The Morgan fingerprint density at radius 2 is 1.88 bits per heavy atom. The highest BCUT2D eigenvalue weighted by Gasteiger charge is 2.70. The summed E-state index contributed by atoms with van der Waals surface area (Å²) in [6.07, 6.45) is 3.79. The Hall–Kier alpha value is -2.87. The molecule has 3 N–H and O–H groups in total. The Morgan fingerprint density at radius 3 is 2.41 bits per heavy atom. The number of amides is 5. The molecule has 4 heterocycles. The van der Waals surface area contributed by atoms with Gasteiger partial charge in [-0.1, -0.05) is 34.6 Å². The summed E-state index contributed by atoms with van der Waals surface area (Å²) in [7, 11) is 0. The van der Waals surface area contributed by atoms with Crippen molar-refractivity contribution < 1.29 is 23.9 Å². The SMILES string of the molecule is CC(C)(C)C(NC(=O)N1CCC2(COC2)C1)C(=O)N1CC2C(C1C(=O)NC(C#N)CC1CC3(CC3)NC1=O)C2(C)C. The van der Waals surface area contributed by atoms with Gasteiger partial charge in [0.2, 0.25) is 17.7 Å². The molecule has 6 aliphatic rings. The first-order valence-corrected chi connectivity index (χ1v) is 15.1. The third-order valence-electron chi connectivity index (χ3n) is 10.9. The summed E-state index contributed by atoms with van der Waals surface area (Å²) in [5.74, 6) is -0.821. The third-order valence-corrected chi connectivity index (χ3v) is 10.9. The van der Waals surface area contributed by atoms with E-state index in [1.807, 2.05) is 20.8 Å². The van der Waals surface area contributed by atoms with Crippen LogP contribution in [0.3, 0.4) is 0 Å². The van der Waals surface area contributed by atoms with Gasteiger partial charge < -0.3 is 30.5 Å². The number of nitriles is 1. The molecule has 224 valence electrons. The highest BCUT2D eigenvalue weighted by atomic mass is 16.5. The zero-order valence-corrected chi connectivity index (χ0v) is 24.9. The summed E-state index contributed by atoms with van der Waals surface area (Å²) in [5.41, 5.74) is -0.741. The van der Waals surface area contributed by atoms with Crippen molar-refractivity contribution in [2.24, 2.45) is 34.0 Å². The number of carbonyl (C=O) groups is 4. The predicted octanol–water partition coefficient (Wildman–Crippen LogP) is 1.38. The summed E-state index contributed by atoms with van der Waals surface area (Å²) >= 11 is 0. The van der Waals surface area contributed by atoms with Gasteiger partial charge in [-0.25, -0.2) is 4.79 Å². The standard InChI is InChI=1S/C30H44N6O5/c1-27(2,3)22(33-26(40)35-9-8-29(14-35)15-41-16-29)25(39)36-13-19-20(28(19,4)5)21(36)24(38)32-18(12-31)10-17-11-30(6-7-30)34-23(17)37/h17-22H,6-11,13-16H2,1-5H3,(H,32,38)(H,33,40)(H,34,37). The van der Waals surface area contributed by atoms with Crippen molar-refractivity contribution in [2.75, 3.05) is 32.8 Å². The quantitative estimate of drug-likeness (QED) is 0.442. The maximum absolute atomic E-state index is 14.2. The van der Waals surface area contributed by atoms with Crippen molar-refractivity contribution in [1.82, 2.24) is 25.8 Å². The molecule has 11 heteroatoms. The van der Waals surface area contributed by atoms with Crippen molar-refractivity contribution >= 4 is 23.8 Å². The predicted molar refractivity (Wildman–Crippen MR) is 148 cm³/mol. The Bertz CT molecular complexity index is 1190. The van der Waals surface area contributed by atoms with E-state index in [0.29, 0.717) is 39.3 Å². The van der Waals surface area contributed by atoms with Gasteiger partial charge in [0.1, 0.15) is 18.1 Å². The monoisotopic (exact) mass is 568 g/mol. The highest BCUT2D eigenvalue weighted by Crippen LogP contribution is 2.65. The molecule has 4 saturated heterocycles. The van der Waals surface area contributed by atoms with E-state index in [1.54, 1.807) is 9.80 Å². The van der Waals surface area contributed by atoms with Crippen LogP contribution in [0.15, 0.2) is 0 Å². The lowest BCUT2D eigenvalue weighted by atomic mass is 9.85. The summed E-state index contributed by atoms with van der Waals surface area (Å²) in [6.45, 7) is 13.0. The van der Waals surface area contributed by atoms with Gasteiger partial charge in [-0.2, -0.15) is 5.26 Å². The second-order valence-electron chi connectivity index (χ2n) is 15.4. The number of ether oxygens (including phenoxy) is 1. The normalized spacial score (nSPS) is 32.9. The van der Waals surface area contributed by atoms with Crippen molar-refractivity contribution in [3.05, 3.63) is 0 Å². The summed E-state index contributed by atoms with van der Waals surface area (Å²) in [6, 6.07) is -0.447. The molecule has 2 saturated carbocycles. The Morgan fingerprint density at radius 1 is 1.17 bits per heavy atom. The number of urea groups is 1. The molecule has 11 nitrogen and oxygen atoms in total. The van der Waals surface area contributed by atoms with Crippen molar-refractivity contribution in [1.29, 1.82) is 5.26 Å². The van der Waals surface area contributed by atoms with Crippen LogP contribution in [0.25, 0.3) is 0 Å². The summed E-state index contributed by atoms with van der Waals surface area (Å²) in [4.78, 5) is 57.2. The molecule has 6 atom stereocenters. The number of hydrogen-bond acceptors (Lipinski definition) is 6. The Labute approximate surface area is 242 Å². The number of carbonyl (C=O) groups excluding carboxylic acids is 4. The second kappa shape index (κ2) is 9.32. The van der Waals surface area contributed by atoms with Crippen LogP contribution in [0.5, 0.6) is 0 Å². The van der Waals surface area contributed by atoms with E-state index < -0.39 is 23.5 Å². The largest absolute Gasteiger partial charge is 0.380 e. The lowest BCUT2D eigenvalue weighted by Crippen LogP contribution is -2.61. The van der Waals surface area contributed by atoms with E-state index in [4.69, 9.17) is 4.74 Å². The number of hydrogen-bond donors (Lipinski definition) is 3. The van der Waals surface area contributed by atoms with Gasteiger partial charge in [-0.15, -0.1) is 0 Å². The minimum absolute atomic E-state index is 0.0244. The van der Waals surface area contributed by atoms with Gasteiger partial charge in [0.15, 0.2) is 0 Å². The first-order chi connectivity index (χ1) is 19.2. The zero-order valence-electron chi connectivity index (χ0n) is 24.9. The third kappa shape index (κ3) is 4.86. The van der Waals surface area contributed by atoms with Crippen LogP contribution < -0.4 is 16.0 Å². The first kappa shape index (κ1) is 28.3. The van der Waals surface area contributed by atoms with Crippen molar-refractivity contribution in [3.8, 4) is 6.07 Å². The van der Waals surface area contributed by atoms with E-state index >= 15 is 0 Å². The van der Waals surface area contributed by atoms with Crippen LogP contribution >= 0.6 is 0 Å². The van der Waals surface area contributed by atoms with Crippen LogP contribution in [0.2, 0.25) is 0 Å². The Balaban J connectivity index is 1.15. The molecule has 6 rings (SSSR count). The molecule has 4 aliphatic heterocycles. The molecule has 0 aromatic carbocycles. The van der Waals surface area contributed by atoms with Crippen LogP contribution in [0, 0.1) is 45.3 Å². The van der Waals surface area contributed by atoms with Crippen LogP contribution in [0.1, 0.15) is 66.7 Å². The van der Waals surface area contributed by atoms with E-state index in [9.17, 15) is 24.4 Å². The highest BCUT2D eigenvalue weighted by molar-refractivity contribution is 5.94. The fraction of sp³-hybridized carbons (Fsp3) is 0.833. The van der Waals surface area contributed by atoms with Crippen LogP contribution in [0.4, 0.5) is 4.79 Å².